The number of nitrogens with zero attached hydrogens (tertiary/aromatic N) is 1. The number of carboxylic acid groups (broad SMARTS) is 1. The third kappa shape index (κ3) is 6.42. The Morgan fingerprint density at radius 2 is 1.31 bits per heavy atom. The Balaban J connectivity index is 0.000000597. The van der Waals surface area contributed by atoms with Crippen molar-refractivity contribution < 1.29 is 20.1 Å². The number of carboxylic acids is 1. The Bertz CT molecular complexity index is 579. The summed E-state index contributed by atoms with van der Waals surface area (Å²) in [4.78, 5) is 13.6. The van der Waals surface area contributed by atoms with Crippen molar-refractivity contribution in [2.75, 3.05) is 26.2 Å². The van der Waals surface area contributed by atoms with E-state index in [1.807, 2.05) is 0 Å². The Kier molecular flexibility index (Phi) is 11.5. The third-order valence-electron chi connectivity index (χ3n) is 4.00. The average molecular weight is 382 g/mol. The molecule has 0 atom stereocenters. The maximum absolute atomic E-state index is 11.4. The van der Waals surface area contributed by atoms with E-state index in [1.165, 1.54) is 0 Å². The van der Waals surface area contributed by atoms with Gasteiger partial charge in [-0.3, -0.25) is 0 Å². The lowest BCUT2D eigenvalue weighted by Gasteiger charge is -2.24. The average Bonchev–Trinajstić information content (AvgIpc) is 2.67. The van der Waals surface area contributed by atoms with Gasteiger partial charge >= 0.3 is 5.97 Å². The van der Waals surface area contributed by atoms with Crippen molar-refractivity contribution >= 4 is 18.4 Å². The monoisotopic (exact) mass is 381 g/mol. The minimum absolute atomic E-state index is 0. The first-order valence-electron chi connectivity index (χ1n) is 8.40. The summed E-state index contributed by atoms with van der Waals surface area (Å²) in [6, 6.07) is 16.7. The molecule has 0 spiro atoms. The fraction of sp³-hybridized carbons (Fsp3) is 0.350. The largest absolute Gasteiger partial charge is 0.479 e. The predicted octanol–water partition coefficient (Wildman–Crippen LogP) is 2.75. The molecule has 0 bridgehead atoms. The van der Waals surface area contributed by atoms with Crippen LogP contribution in [0.25, 0.3) is 0 Å². The number of hydrogen-bond acceptors (Lipinski definition) is 4. The molecule has 2 aromatic carbocycles. The summed E-state index contributed by atoms with van der Waals surface area (Å²) in [6.07, 6.45) is 0. The summed E-state index contributed by atoms with van der Waals surface area (Å²) in [5.41, 5.74) is -1.31. The van der Waals surface area contributed by atoms with Gasteiger partial charge < -0.3 is 20.2 Å². The highest BCUT2D eigenvalue weighted by atomic mass is 35.5. The summed E-state index contributed by atoms with van der Waals surface area (Å²) in [6.45, 7) is 7.36. The van der Waals surface area contributed by atoms with E-state index >= 15 is 0 Å². The normalized spacial score (nSPS) is 10.5. The molecule has 144 valence electrons. The van der Waals surface area contributed by atoms with Crippen LogP contribution in [0.1, 0.15) is 25.0 Å². The molecule has 2 rings (SSSR count). The maximum atomic E-state index is 11.4. The van der Waals surface area contributed by atoms with E-state index in [0.29, 0.717) is 11.1 Å². The summed E-state index contributed by atoms with van der Waals surface area (Å²) >= 11 is 0. The Hall–Kier alpha value is -1.92. The molecule has 0 unspecified atom stereocenters. The summed E-state index contributed by atoms with van der Waals surface area (Å²) in [5, 5.41) is 28.2. The molecule has 0 fully saturated rings. The van der Waals surface area contributed by atoms with Crippen LogP contribution in [0.5, 0.6) is 0 Å². The highest BCUT2D eigenvalue weighted by Crippen LogP contribution is 2.29. The molecule has 5 nitrogen and oxygen atoms in total. The maximum Gasteiger partial charge on any atom is 0.345 e. The van der Waals surface area contributed by atoms with E-state index in [4.69, 9.17) is 5.11 Å². The fourth-order valence-corrected chi connectivity index (χ4v) is 2.45. The zero-order chi connectivity index (χ0) is 18.7. The van der Waals surface area contributed by atoms with E-state index in [0.717, 1.165) is 19.6 Å². The number of likely N-dealkylation sites (N-methyl/N-ethyl adjacent to an activating group) is 1. The van der Waals surface area contributed by atoms with Crippen LogP contribution in [0.15, 0.2) is 60.7 Å². The molecule has 0 amide bonds. The topological polar surface area (TPSA) is 81.0 Å². The van der Waals surface area contributed by atoms with E-state index in [2.05, 4.69) is 18.7 Å². The molecule has 0 aliphatic heterocycles. The third-order valence-corrected chi connectivity index (χ3v) is 4.00. The van der Waals surface area contributed by atoms with Crippen LogP contribution in [0, 0.1) is 0 Å². The molecular formula is C20H28ClNO4. The molecule has 2 aromatic rings. The molecule has 6 heteroatoms. The van der Waals surface area contributed by atoms with Gasteiger partial charge in [0.15, 0.2) is 0 Å². The molecule has 0 aliphatic rings. The molecule has 26 heavy (non-hydrogen) atoms. The molecule has 0 saturated carbocycles. The minimum atomic E-state index is -2.00. The molecule has 0 radical (unpaired) electrons. The number of hydrogen-bond donors (Lipinski definition) is 3. The lowest BCUT2D eigenvalue weighted by molar-refractivity contribution is -0.155. The number of aliphatic carboxylic acids is 1. The highest BCUT2D eigenvalue weighted by Gasteiger charge is 2.39. The molecule has 0 aromatic heterocycles. The van der Waals surface area contributed by atoms with Crippen molar-refractivity contribution in [3.8, 4) is 0 Å². The van der Waals surface area contributed by atoms with Crippen molar-refractivity contribution in [3.05, 3.63) is 71.8 Å². The number of aliphatic hydroxyl groups excluding tert-OH is 1. The molecular weight excluding hydrogens is 354 g/mol. The molecule has 0 aliphatic carbocycles. The number of halogens is 1. The van der Waals surface area contributed by atoms with Crippen molar-refractivity contribution in [2.24, 2.45) is 0 Å². The second-order valence-corrected chi connectivity index (χ2v) is 5.50. The number of benzene rings is 2. The molecule has 3 N–H and O–H groups in total. The van der Waals surface area contributed by atoms with Crippen LogP contribution in [0.4, 0.5) is 0 Å². The van der Waals surface area contributed by atoms with Gasteiger partial charge in [0.25, 0.3) is 0 Å². The number of carbonyl (C=O) groups is 1. The second kappa shape index (κ2) is 12.4. The van der Waals surface area contributed by atoms with Gasteiger partial charge in [0.2, 0.25) is 5.60 Å². The van der Waals surface area contributed by atoms with Gasteiger partial charge in [-0.15, -0.1) is 12.4 Å². The summed E-state index contributed by atoms with van der Waals surface area (Å²) in [5.74, 6) is -1.28. The van der Waals surface area contributed by atoms with Crippen molar-refractivity contribution in [3.63, 3.8) is 0 Å². The van der Waals surface area contributed by atoms with Crippen LogP contribution in [0.2, 0.25) is 0 Å². The summed E-state index contributed by atoms with van der Waals surface area (Å²) < 4.78 is 0. The van der Waals surface area contributed by atoms with Gasteiger partial charge in [-0.2, -0.15) is 0 Å². The lowest BCUT2D eigenvalue weighted by atomic mass is 9.86. The predicted molar refractivity (Wildman–Crippen MR) is 106 cm³/mol. The quantitative estimate of drug-likeness (QED) is 0.687. The first kappa shape index (κ1) is 24.1. The number of rotatable bonds is 7. The standard InChI is InChI=1S/C14H12O3.C6H15NO.ClH/c15-13(16)14(17,11-7-3-1-4-8-11)12-9-5-2-6-10-12;1-3-7(4-2)5-6-8;/h1-10,17H,(H,15,16);8H,3-6H2,1-2H3;1H. The summed E-state index contributed by atoms with van der Waals surface area (Å²) in [7, 11) is 0. The zero-order valence-electron chi connectivity index (χ0n) is 15.2. The van der Waals surface area contributed by atoms with Gasteiger partial charge in [0.05, 0.1) is 6.61 Å². The van der Waals surface area contributed by atoms with Gasteiger partial charge in [0, 0.05) is 6.54 Å². The van der Waals surface area contributed by atoms with E-state index in [-0.39, 0.29) is 19.0 Å². The lowest BCUT2D eigenvalue weighted by Crippen LogP contribution is -2.36. The van der Waals surface area contributed by atoms with Gasteiger partial charge in [-0.1, -0.05) is 74.5 Å². The minimum Gasteiger partial charge on any atom is -0.479 e. The van der Waals surface area contributed by atoms with Crippen LogP contribution < -0.4 is 0 Å². The van der Waals surface area contributed by atoms with Crippen LogP contribution in [0.3, 0.4) is 0 Å². The SMILES string of the molecule is CCN(CC)CCO.Cl.O=C(O)C(O)(c1ccccc1)c1ccccc1. The molecule has 0 heterocycles. The van der Waals surface area contributed by atoms with Gasteiger partial charge in [-0.25, -0.2) is 4.79 Å². The first-order valence-corrected chi connectivity index (χ1v) is 8.40. The Morgan fingerprint density at radius 1 is 0.923 bits per heavy atom. The fourth-order valence-electron chi connectivity index (χ4n) is 2.45. The van der Waals surface area contributed by atoms with E-state index in [9.17, 15) is 15.0 Å². The van der Waals surface area contributed by atoms with Gasteiger partial charge in [-0.05, 0) is 24.2 Å². The van der Waals surface area contributed by atoms with Crippen molar-refractivity contribution in [1.82, 2.24) is 4.90 Å². The Labute approximate surface area is 161 Å². The van der Waals surface area contributed by atoms with Crippen LogP contribution in [-0.4, -0.2) is 52.4 Å². The number of aliphatic hydroxyl groups is 2. The van der Waals surface area contributed by atoms with Gasteiger partial charge in [0.1, 0.15) is 0 Å². The second-order valence-electron chi connectivity index (χ2n) is 5.50. The van der Waals surface area contributed by atoms with E-state index < -0.39 is 11.6 Å². The smallest absolute Gasteiger partial charge is 0.345 e. The van der Waals surface area contributed by atoms with E-state index in [1.54, 1.807) is 60.7 Å². The highest BCUT2D eigenvalue weighted by molar-refractivity contribution is 5.85. The molecule has 0 saturated heterocycles. The Morgan fingerprint density at radius 3 is 1.54 bits per heavy atom. The zero-order valence-corrected chi connectivity index (χ0v) is 16.0. The van der Waals surface area contributed by atoms with Crippen molar-refractivity contribution in [1.29, 1.82) is 0 Å². The van der Waals surface area contributed by atoms with Crippen LogP contribution >= 0.6 is 12.4 Å². The first-order chi connectivity index (χ1) is 12.0. The van der Waals surface area contributed by atoms with Crippen LogP contribution in [-0.2, 0) is 10.4 Å². The van der Waals surface area contributed by atoms with Crippen molar-refractivity contribution in [2.45, 2.75) is 19.4 Å².